The molecular weight excluding hydrogens is 318 g/mol. The van der Waals surface area contributed by atoms with E-state index >= 15 is 0 Å². The normalized spacial score (nSPS) is 10.7. The Bertz CT molecular complexity index is 796. The zero-order valence-electron chi connectivity index (χ0n) is 15.4. The Balaban J connectivity index is 1.69. The second kappa shape index (κ2) is 8.48. The number of amides is 1. The molecule has 0 radical (unpaired) electrons. The Morgan fingerprint density at radius 2 is 1.31 bits per heavy atom. The van der Waals surface area contributed by atoms with E-state index in [1.165, 1.54) is 11.1 Å². The molecule has 26 heavy (non-hydrogen) atoms. The van der Waals surface area contributed by atoms with Gasteiger partial charge in [-0.25, -0.2) is 0 Å². The molecule has 0 unspecified atom stereocenters. The Morgan fingerprint density at radius 1 is 0.808 bits per heavy atom. The van der Waals surface area contributed by atoms with Crippen molar-refractivity contribution in [1.82, 2.24) is 5.32 Å². The van der Waals surface area contributed by atoms with Crippen molar-refractivity contribution >= 4 is 5.91 Å². The molecule has 0 saturated carbocycles. The smallest absolute Gasteiger partial charge is 0.251 e. The van der Waals surface area contributed by atoms with E-state index in [2.05, 4.69) is 59.9 Å². The molecule has 0 aliphatic rings. The van der Waals surface area contributed by atoms with Crippen LogP contribution in [0.1, 0.15) is 45.0 Å². The van der Waals surface area contributed by atoms with Crippen molar-refractivity contribution in [2.75, 3.05) is 6.54 Å². The van der Waals surface area contributed by atoms with Gasteiger partial charge in [0.05, 0.1) is 0 Å². The SMILES string of the molecule is Cc1cc(C)cc(C(=O)NCCC(c2ccccc2)c2ccccc2)c1. The Kier molecular flexibility index (Phi) is 5.85. The monoisotopic (exact) mass is 343 g/mol. The molecule has 0 spiro atoms. The molecule has 3 rings (SSSR count). The van der Waals surface area contributed by atoms with E-state index in [0.717, 1.165) is 23.1 Å². The largest absolute Gasteiger partial charge is 0.352 e. The van der Waals surface area contributed by atoms with Gasteiger partial charge in [-0.05, 0) is 43.5 Å². The summed E-state index contributed by atoms with van der Waals surface area (Å²) in [5, 5.41) is 3.08. The summed E-state index contributed by atoms with van der Waals surface area (Å²) in [4.78, 5) is 12.5. The summed E-state index contributed by atoms with van der Waals surface area (Å²) in [5.74, 6) is 0.272. The van der Waals surface area contributed by atoms with Crippen molar-refractivity contribution in [2.24, 2.45) is 0 Å². The molecule has 0 bridgehead atoms. The van der Waals surface area contributed by atoms with E-state index in [-0.39, 0.29) is 11.8 Å². The van der Waals surface area contributed by atoms with E-state index in [9.17, 15) is 4.79 Å². The Morgan fingerprint density at radius 3 is 1.81 bits per heavy atom. The first-order valence-electron chi connectivity index (χ1n) is 9.10. The minimum absolute atomic E-state index is 0.00308. The summed E-state index contributed by atoms with van der Waals surface area (Å²) in [7, 11) is 0. The summed E-state index contributed by atoms with van der Waals surface area (Å²) in [6.07, 6.45) is 0.866. The third-order valence-electron chi connectivity index (χ3n) is 4.61. The molecule has 0 aromatic heterocycles. The predicted molar refractivity (Wildman–Crippen MR) is 108 cm³/mol. The van der Waals surface area contributed by atoms with E-state index in [1.54, 1.807) is 0 Å². The van der Waals surface area contributed by atoms with Crippen LogP contribution in [0.15, 0.2) is 78.9 Å². The first kappa shape index (κ1) is 17.9. The van der Waals surface area contributed by atoms with Crippen LogP contribution in [0.25, 0.3) is 0 Å². The number of carbonyl (C=O) groups excluding carboxylic acids is 1. The standard InChI is InChI=1S/C24H25NO/c1-18-15-19(2)17-22(16-18)24(26)25-14-13-23(20-9-5-3-6-10-20)21-11-7-4-8-12-21/h3-12,15-17,23H,13-14H2,1-2H3,(H,25,26). The average molecular weight is 343 g/mol. The van der Waals surface area contributed by atoms with Gasteiger partial charge in [-0.1, -0.05) is 77.9 Å². The minimum atomic E-state index is -0.00308. The fourth-order valence-corrected chi connectivity index (χ4v) is 3.43. The first-order valence-corrected chi connectivity index (χ1v) is 9.10. The zero-order chi connectivity index (χ0) is 18.4. The number of hydrogen-bond acceptors (Lipinski definition) is 1. The van der Waals surface area contributed by atoms with Crippen LogP contribution in [0.5, 0.6) is 0 Å². The van der Waals surface area contributed by atoms with E-state index in [1.807, 2.05) is 38.1 Å². The molecule has 1 amide bonds. The molecule has 3 aromatic rings. The van der Waals surface area contributed by atoms with Crippen LogP contribution >= 0.6 is 0 Å². The highest BCUT2D eigenvalue weighted by molar-refractivity contribution is 5.94. The summed E-state index contributed by atoms with van der Waals surface area (Å²) in [5.41, 5.74) is 5.51. The fourth-order valence-electron chi connectivity index (χ4n) is 3.43. The number of nitrogens with one attached hydrogen (secondary N) is 1. The van der Waals surface area contributed by atoms with Crippen molar-refractivity contribution in [1.29, 1.82) is 0 Å². The van der Waals surface area contributed by atoms with E-state index in [4.69, 9.17) is 0 Å². The molecule has 2 nitrogen and oxygen atoms in total. The van der Waals surface area contributed by atoms with Crippen LogP contribution in [-0.4, -0.2) is 12.5 Å². The molecule has 0 heterocycles. The second-order valence-electron chi connectivity index (χ2n) is 6.79. The summed E-state index contributed by atoms with van der Waals surface area (Å²) >= 11 is 0. The molecule has 0 saturated heterocycles. The van der Waals surface area contributed by atoms with Gasteiger partial charge in [0, 0.05) is 18.0 Å². The average Bonchev–Trinajstić information content (AvgIpc) is 2.65. The van der Waals surface area contributed by atoms with Gasteiger partial charge in [-0.2, -0.15) is 0 Å². The van der Waals surface area contributed by atoms with Crippen LogP contribution in [0, 0.1) is 13.8 Å². The molecule has 132 valence electrons. The zero-order valence-corrected chi connectivity index (χ0v) is 15.4. The molecule has 2 heteroatoms. The quantitative estimate of drug-likeness (QED) is 0.650. The van der Waals surface area contributed by atoms with Crippen molar-refractivity contribution in [3.8, 4) is 0 Å². The van der Waals surface area contributed by atoms with Gasteiger partial charge in [0.1, 0.15) is 0 Å². The third-order valence-corrected chi connectivity index (χ3v) is 4.61. The first-order chi connectivity index (χ1) is 12.6. The van der Waals surface area contributed by atoms with Crippen LogP contribution in [-0.2, 0) is 0 Å². The molecular formula is C24H25NO. The maximum atomic E-state index is 12.5. The van der Waals surface area contributed by atoms with Crippen LogP contribution < -0.4 is 5.32 Å². The molecule has 0 aliphatic heterocycles. The summed E-state index contributed by atoms with van der Waals surface area (Å²) in [6, 6.07) is 26.9. The lowest BCUT2D eigenvalue weighted by molar-refractivity contribution is 0.0952. The van der Waals surface area contributed by atoms with Gasteiger partial charge in [0.25, 0.3) is 5.91 Å². The molecule has 0 aliphatic carbocycles. The van der Waals surface area contributed by atoms with Crippen molar-refractivity contribution in [3.05, 3.63) is 107 Å². The summed E-state index contributed by atoms with van der Waals surface area (Å²) < 4.78 is 0. The van der Waals surface area contributed by atoms with Gasteiger partial charge in [-0.3, -0.25) is 4.79 Å². The number of aryl methyl sites for hydroxylation is 2. The van der Waals surface area contributed by atoms with Gasteiger partial charge in [0.15, 0.2) is 0 Å². The van der Waals surface area contributed by atoms with E-state index in [0.29, 0.717) is 6.54 Å². The van der Waals surface area contributed by atoms with Crippen molar-refractivity contribution in [2.45, 2.75) is 26.2 Å². The fraction of sp³-hybridized carbons (Fsp3) is 0.208. The molecule has 3 aromatic carbocycles. The van der Waals surface area contributed by atoms with Crippen LogP contribution in [0.4, 0.5) is 0 Å². The second-order valence-corrected chi connectivity index (χ2v) is 6.79. The van der Waals surface area contributed by atoms with Gasteiger partial charge in [-0.15, -0.1) is 0 Å². The third kappa shape index (κ3) is 4.60. The van der Waals surface area contributed by atoms with Gasteiger partial charge in [0.2, 0.25) is 0 Å². The summed E-state index contributed by atoms with van der Waals surface area (Å²) in [6.45, 7) is 4.68. The van der Waals surface area contributed by atoms with Gasteiger partial charge < -0.3 is 5.32 Å². The number of carbonyl (C=O) groups is 1. The highest BCUT2D eigenvalue weighted by Gasteiger charge is 2.14. The van der Waals surface area contributed by atoms with Crippen molar-refractivity contribution in [3.63, 3.8) is 0 Å². The highest BCUT2D eigenvalue weighted by Crippen LogP contribution is 2.27. The maximum Gasteiger partial charge on any atom is 0.251 e. The predicted octanol–water partition coefficient (Wildman–Crippen LogP) is 5.26. The lowest BCUT2D eigenvalue weighted by Gasteiger charge is -2.18. The molecule has 0 fully saturated rings. The van der Waals surface area contributed by atoms with Crippen molar-refractivity contribution < 1.29 is 4.79 Å². The van der Waals surface area contributed by atoms with E-state index < -0.39 is 0 Å². The van der Waals surface area contributed by atoms with Gasteiger partial charge >= 0.3 is 0 Å². The molecule has 0 atom stereocenters. The lowest BCUT2D eigenvalue weighted by atomic mass is 9.88. The number of hydrogen-bond donors (Lipinski definition) is 1. The lowest BCUT2D eigenvalue weighted by Crippen LogP contribution is -2.26. The molecule has 1 N–H and O–H groups in total. The highest BCUT2D eigenvalue weighted by atomic mass is 16.1. The topological polar surface area (TPSA) is 29.1 Å². The Labute approximate surface area is 155 Å². The van der Waals surface area contributed by atoms with Crippen LogP contribution in [0.2, 0.25) is 0 Å². The number of rotatable bonds is 6. The minimum Gasteiger partial charge on any atom is -0.352 e. The Hall–Kier alpha value is -2.87. The maximum absolute atomic E-state index is 12.5. The van der Waals surface area contributed by atoms with Crippen LogP contribution in [0.3, 0.4) is 0 Å². The number of benzene rings is 3.